The minimum absolute atomic E-state index is 0.0259. The number of aromatic nitrogens is 3. The molecule has 0 radical (unpaired) electrons. The second-order valence-corrected chi connectivity index (χ2v) is 5.99. The largest absolute Gasteiger partial charge is 0.496 e. The molecule has 3 aromatic rings. The van der Waals surface area contributed by atoms with Crippen molar-refractivity contribution in [3.8, 4) is 22.9 Å². The maximum Gasteiger partial charge on any atom is 0.277 e. The van der Waals surface area contributed by atoms with E-state index in [9.17, 15) is 13.6 Å². The highest BCUT2D eigenvalue weighted by Crippen LogP contribution is 2.37. The molecular weight excluding hydrogens is 394 g/mol. The van der Waals surface area contributed by atoms with Crippen molar-refractivity contribution < 1.29 is 23.0 Å². The first-order chi connectivity index (χ1) is 13.4. The van der Waals surface area contributed by atoms with Crippen LogP contribution in [0.3, 0.4) is 0 Å². The fourth-order valence-electron chi connectivity index (χ4n) is 2.60. The number of nitrogens with zero attached hydrogens (tertiary/aromatic N) is 3. The van der Waals surface area contributed by atoms with Gasteiger partial charge in [-0.15, -0.1) is 0 Å². The predicted octanol–water partition coefficient (Wildman–Crippen LogP) is 3.68. The number of anilines is 1. The zero-order valence-electron chi connectivity index (χ0n) is 15.1. The zero-order chi connectivity index (χ0) is 20.4. The molecule has 1 amide bonds. The summed E-state index contributed by atoms with van der Waals surface area (Å²) in [5.41, 5.74) is 0.00593. The van der Waals surface area contributed by atoms with Crippen molar-refractivity contribution >= 4 is 23.2 Å². The van der Waals surface area contributed by atoms with Gasteiger partial charge in [-0.3, -0.25) is 9.48 Å². The van der Waals surface area contributed by atoms with Crippen LogP contribution in [0.2, 0.25) is 5.02 Å². The van der Waals surface area contributed by atoms with Crippen LogP contribution in [0.4, 0.5) is 14.5 Å². The van der Waals surface area contributed by atoms with E-state index in [1.54, 1.807) is 13.1 Å². The number of ether oxygens (including phenoxy) is 2. The van der Waals surface area contributed by atoms with Crippen molar-refractivity contribution in [3.05, 3.63) is 52.8 Å². The molecule has 0 aliphatic heterocycles. The Labute approximate surface area is 163 Å². The average Bonchev–Trinajstić information content (AvgIpc) is 2.98. The minimum Gasteiger partial charge on any atom is -0.496 e. The third kappa shape index (κ3) is 3.48. The van der Waals surface area contributed by atoms with E-state index in [4.69, 9.17) is 21.1 Å². The first kappa shape index (κ1) is 19.6. The van der Waals surface area contributed by atoms with Crippen molar-refractivity contribution in [2.75, 3.05) is 19.5 Å². The molecule has 10 heteroatoms. The molecule has 28 heavy (non-hydrogen) atoms. The van der Waals surface area contributed by atoms with E-state index in [-0.39, 0.29) is 10.7 Å². The first-order valence-electron chi connectivity index (χ1n) is 7.93. The Hall–Kier alpha value is -3.20. The van der Waals surface area contributed by atoms with Crippen molar-refractivity contribution in [1.29, 1.82) is 0 Å². The second-order valence-electron chi connectivity index (χ2n) is 5.61. The normalized spacial score (nSPS) is 10.6. The molecular formula is C18H15ClF2N4O3. The number of carbonyl (C=O) groups is 1. The Balaban J connectivity index is 2.02. The SMILES string of the molecule is COc1cc(OC)c(-c2c(Cl)c(C(=O)Nc3c(F)cccc3F)nn2C)cn1. The molecule has 146 valence electrons. The Morgan fingerprint density at radius 1 is 1.21 bits per heavy atom. The van der Waals surface area contributed by atoms with Crippen LogP contribution in [0.15, 0.2) is 30.5 Å². The van der Waals surface area contributed by atoms with Crippen LogP contribution in [0, 0.1) is 11.6 Å². The molecule has 0 aliphatic rings. The summed E-state index contributed by atoms with van der Waals surface area (Å²) < 4.78 is 39.3. The van der Waals surface area contributed by atoms with Crippen molar-refractivity contribution in [2.24, 2.45) is 7.05 Å². The number of rotatable bonds is 5. The number of hydrogen-bond donors (Lipinski definition) is 1. The lowest BCUT2D eigenvalue weighted by Gasteiger charge is -2.10. The average molecular weight is 409 g/mol. The zero-order valence-corrected chi connectivity index (χ0v) is 15.8. The molecule has 0 saturated carbocycles. The first-order valence-corrected chi connectivity index (χ1v) is 8.31. The Morgan fingerprint density at radius 3 is 2.50 bits per heavy atom. The number of amides is 1. The second kappa shape index (κ2) is 7.81. The number of hydrogen-bond acceptors (Lipinski definition) is 5. The summed E-state index contributed by atoms with van der Waals surface area (Å²) in [6.07, 6.45) is 1.46. The monoisotopic (exact) mass is 408 g/mol. The van der Waals surface area contributed by atoms with Crippen molar-refractivity contribution in [1.82, 2.24) is 14.8 Å². The highest BCUT2D eigenvalue weighted by Gasteiger charge is 2.25. The molecule has 0 unspecified atom stereocenters. The molecule has 1 aromatic carbocycles. The van der Waals surface area contributed by atoms with E-state index in [2.05, 4.69) is 15.4 Å². The molecule has 2 heterocycles. The summed E-state index contributed by atoms with van der Waals surface area (Å²) in [6.45, 7) is 0. The molecule has 0 saturated heterocycles. The summed E-state index contributed by atoms with van der Waals surface area (Å²) >= 11 is 6.36. The Kier molecular flexibility index (Phi) is 5.46. The molecule has 1 N–H and O–H groups in total. The smallest absolute Gasteiger partial charge is 0.277 e. The molecule has 0 aliphatic carbocycles. The van der Waals surface area contributed by atoms with Gasteiger partial charge in [0.25, 0.3) is 5.91 Å². The summed E-state index contributed by atoms with van der Waals surface area (Å²) in [4.78, 5) is 16.6. The highest BCUT2D eigenvalue weighted by atomic mass is 35.5. The van der Waals surface area contributed by atoms with E-state index < -0.39 is 23.2 Å². The van der Waals surface area contributed by atoms with E-state index >= 15 is 0 Å². The van der Waals surface area contributed by atoms with E-state index in [0.29, 0.717) is 22.9 Å². The molecule has 3 rings (SSSR count). The van der Waals surface area contributed by atoms with Gasteiger partial charge in [0.05, 0.1) is 30.5 Å². The van der Waals surface area contributed by atoms with Crippen LogP contribution >= 0.6 is 11.6 Å². The fraction of sp³-hybridized carbons (Fsp3) is 0.167. The summed E-state index contributed by atoms with van der Waals surface area (Å²) in [7, 11) is 4.48. The van der Waals surface area contributed by atoms with Gasteiger partial charge in [0.1, 0.15) is 23.1 Å². The van der Waals surface area contributed by atoms with Gasteiger partial charge in [-0.1, -0.05) is 17.7 Å². The molecule has 7 nitrogen and oxygen atoms in total. The van der Waals surface area contributed by atoms with Gasteiger partial charge in [-0.25, -0.2) is 13.8 Å². The number of benzene rings is 1. The number of aryl methyl sites for hydroxylation is 1. The quantitative estimate of drug-likeness (QED) is 0.696. The third-order valence-corrected chi connectivity index (χ3v) is 4.29. The number of pyridine rings is 1. The van der Waals surface area contributed by atoms with Gasteiger partial charge in [0.2, 0.25) is 5.88 Å². The third-order valence-electron chi connectivity index (χ3n) is 3.93. The lowest BCUT2D eigenvalue weighted by atomic mass is 10.1. The topological polar surface area (TPSA) is 78.3 Å². The predicted molar refractivity (Wildman–Crippen MR) is 98.9 cm³/mol. The summed E-state index contributed by atoms with van der Waals surface area (Å²) in [5, 5.41) is 6.21. The molecule has 0 bridgehead atoms. The highest BCUT2D eigenvalue weighted by molar-refractivity contribution is 6.36. The molecule has 0 atom stereocenters. The summed E-state index contributed by atoms with van der Waals surface area (Å²) in [5.74, 6) is -1.98. The molecule has 0 spiro atoms. The van der Waals surface area contributed by atoms with Gasteiger partial charge >= 0.3 is 0 Å². The van der Waals surface area contributed by atoms with E-state index in [1.165, 1.54) is 31.2 Å². The number of para-hydroxylation sites is 1. The molecule has 0 fully saturated rings. The molecule has 2 aromatic heterocycles. The van der Waals surface area contributed by atoms with Crippen LogP contribution in [-0.2, 0) is 7.05 Å². The Morgan fingerprint density at radius 2 is 1.89 bits per heavy atom. The van der Waals surface area contributed by atoms with Gasteiger partial charge in [0.15, 0.2) is 5.69 Å². The van der Waals surface area contributed by atoms with Crippen LogP contribution in [-0.4, -0.2) is 34.9 Å². The summed E-state index contributed by atoms with van der Waals surface area (Å²) in [6, 6.07) is 4.79. The fourth-order valence-corrected chi connectivity index (χ4v) is 2.95. The van der Waals surface area contributed by atoms with Crippen LogP contribution in [0.25, 0.3) is 11.3 Å². The number of halogens is 3. The van der Waals surface area contributed by atoms with Crippen molar-refractivity contribution in [3.63, 3.8) is 0 Å². The van der Waals surface area contributed by atoms with Crippen LogP contribution in [0.1, 0.15) is 10.5 Å². The lowest BCUT2D eigenvalue weighted by molar-refractivity contribution is 0.102. The van der Waals surface area contributed by atoms with Crippen LogP contribution < -0.4 is 14.8 Å². The Bertz CT molecular complexity index is 1040. The standard InChI is InChI=1S/C18H15ClF2N4O3/c1-25-17(9-8-22-13(28-3)7-12(9)27-2)14(19)16(24-25)18(26)23-15-10(20)5-4-6-11(15)21/h4-8H,1-3H3,(H,23,26). The van der Waals surface area contributed by atoms with Gasteiger partial charge in [-0.05, 0) is 12.1 Å². The van der Waals surface area contributed by atoms with Gasteiger partial charge in [-0.2, -0.15) is 5.10 Å². The lowest BCUT2D eigenvalue weighted by Crippen LogP contribution is -2.15. The number of methoxy groups -OCH3 is 2. The number of carbonyl (C=O) groups excluding carboxylic acids is 1. The van der Waals surface area contributed by atoms with E-state index in [1.807, 2.05) is 0 Å². The maximum absolute atomic E-state index is 13.8. The van der Waals surface area contributed by atoms with Crippen molar-refractivity contribution in [2.45, 2.75) is 0 Å². The van der Waals surface area contributed by atoms with E-state index in [0.717, 1.165) is 12.1 Å². The van der Waals surface area contributed by atoms with Crippen LogP contribution in [0.5, 0.6) is 11.6 Å². The van der Waals surface area contributed by atoms with Gasteiger partial charge in [0, 0.05) is 19.3 Å². The number of nitrogens with one attached hydrogen (secondary N) is 1. The minimum atomic E-state index is -0.915. The maximum atomic E-state index is 13.8. The van der Waals surface area contributed by atoms with Gasteiger partial charge < -0.3 is 14.8 Å².